The maximum Gasteiger partial charge on any atom is 0.355 e. The maximum absolute atomic E-state index is 11.8. The van der Waals surface area contributed by atoms with E-state index in [9.17, 15) is 9.59 Å². The van der Waals surface area contributed by atoms with E-state index < -0.39 is 11.9 Å². The quantitative estimate of drug-likeness (QED) is 0.0311. The van der Waals surface area contributed by atoms with E-state index in [1.165, 1.54) is 154 Å². The number of carbonyl (C=O) groups excluding carboxylic acids is 2. The number of hydrogen-bond acceptors (Lipinski definition) is 4. The second-order valence-corrected chi connectivity index (χ2v) is 13.0. The van der Waals surface area contributed by atoms with Gasteiger partial charge in [-0.25, -0.2) is 19.4 Å². The molecule has 0 unspecified atom stereocenters. The van der Waals surface area contributed by atoms with Crippen LogP contribution in [-0.4, -0.2) is 11.9 Å². The molecule has 0 fully saturated rings. The van der Waals surface area contributed by atoms with E-state index in [0.29, 0.717) is 12.8 Å². The Hall–Kier alpha value is -1.58. The van der Waals surface area contributed by atoms with E-state index in [1.807, 2.05) is 0 Å². The molecule has 0 radical (unpaired) electrons. The number of carbonyl (C=O) groups is 2. The lowest BCUT2D eigenvalue weighted by Gasteiger charge is -2.04. The SMILES string of the molecule is CCCCCCCCC=CCCCCCCCCCC(=O)OOC(=O)CCCCCCCCCC=CCCCCCCCC. The zero-order valence-corrected chi connectivity index (χ0v) is 29.6. The van der Waals surface area contributed by atoms with Crippen LogP contribution in [0.2, 0.25) is 0 Å². The van der Waals surface area contributed by atoms with Crippen LogP contribution in [-0.2, 0) is 19.4 Å². The fourth-order valence-corrected chi connectivity index (χ4v) is 5.56. The van der Waals surface area contributed by atoms with Gasteiger partial charge in [-0.1, -0.05) is 167 Å². The molecule has 0 bridgehead atoms. The van der Waals surface area contributed by atoms with Crippen molar-refractivity contribution < 1.29 is 19.4 Å². The Bertz CT molecular complexity index is 598. The smallest absolute Gasteiger partial charge is 0.247 e. The molecule has 0 aromatic carbocycles. The predicted molar refractivity (Wildman–Crippen MR) is 190 cm³/mol. The fourth-order valence-electron chi connectivity index (χ4n) is 5.56. The van der Waals surface area contributed by atoms with Crippen molar-refractivity contribution in [2.75, 3.05) is 0 Å². The molecule has 4 heteroatoms. The van der Waals surface area contributed by atoms with Crippen molar-refractivity contribution in [1.29, 1.82) is 0 Å². The minimum absolute atomic E-state index is 0.325. The van der Waals surface area contributed by atoms with Gasteiger partial charge in [0.1, 0.15) is 0 Å². The van der Waals surface area contributed by atoms with E-state index >= 15 is 0 Å². The third kappa shape index (κ3) is 36.6. The Morgan fingerprint density at radius 1 is 0.341 bits per heavy atom. The van der Waals surface area contributed by atoms with Crippen molar-refractivity contribution in [3.05, 3.63) is 24.3 Å². The van der Waals surface area contributed by atoms with Crippen LogP contribution in [0.3, 0.4) is 0 Å². The van der Waals surface area contributed by atoms with E-state index in [-0.39, 0.29) is 0 Å². The summed E-state index contributed by atoms with van der Waals surface area (Å²) in [6.45, 7) is 4.54. The Labute approximate surface area is 274 Å². The third-order valence-corrected chi connectivity index (χ3v) is 8.51. The molecule has 258 valence electrons. The van der Waals surface area contributed by atoms with Crippen molar-refractivity contribution in [3.8, 4) is 0 Å². The van der Waals surface area contributed by atoms with Crippen LogP contribution in [0.5, 0.6) is 0 Å². The first-order chi connectivity index (χ1) is 21.7. The van der Waals surface area contributed by atoms with Gasteiger partial charge in [-0.2, -0.15) is 0 Å². The summed E-state index contributed by atoms with van der Waals surface area (Å²) in [7, 11) is 0. The normalized spacial score (nSPS) is 11.6. The highest BCUT2D eigenvalue weighted by atomic mass is 17.2. The van der Waals surface area contributed by atoms with Crippen LogP contribution in [0.4, 0.5) is 0 Å². The average molecular weight is 619 g/mol. The van der Waals surface area contributed by atoms with Gasteiger partial charge >= 0.3 is 11.9 Å². The molecule has 0 aliphatic rings. The summed E-state index contributed by atoms with van der Waals surface area (Å²) < 4.78 is 0. The molecule has 0 aromatic heterocycles. The van der Waals surface area contributed by atoms with Crippen molar-refractivity contribution in [1.82, 2.24) is 0 Å². The molecule has 4 nitrogen and oxygen atoms in total. The Morgan fingerprint density at radius 3 is 0.841 bits per heavy atom. The van der Waals surface area contributed by atoms with Crippen LogP contribution in [0, 0.1) is 0 Å². The average Bonchev–Trinajstić information content (AvgIpc) is 3.03. The van der Waals surface area contributed by atoms with Crippen molar-refractivity contribution in [2.45, 2.75) is 219 Å². The molecule has 0 atom stereocenters. The van der Waals surface area contributed by atoms with Crippen molar-refractivity contribution >= 4 is 11.9 Å². The molecule has 0 aliphatic carbocycles. The highest BCUT2D eigenvalue weighted by molar-refractivity contribution is 5.72. The van der Waals surface area contributed by atoms with E-state index in [0.717, 1.165) is 38.5 Å². The molecule has 0 heterocycles. The maximum atomic E-state index is 11.8. The summed E-state index contributed by atoms with van der Waals surface area (Å²) in [5, 5.41) is 0. The van der Waals surface area contributed by atoms with Gasteiger partial charge in [0.2, 0.25) is 0 Å². The van der Waals surface area contributed by atoms with Gasteiger partial charge in [0, 0.05) is 0 Å². The van der Waals surface area contributed by atoms with Crippen LogP contribution in [0.15, 0.2) is 24.3 Å². The molecule has 0 saturated carbocycles. The largest absolute Gasteiger partial charge is 0.355 e. The molecule has 0 spiro atoms. The lowest BCUT2D eigenvalue weighted by atomic mass is 10.1. The third-order valence-electron chi connectivity index (χ3n) is 8.51. The van der Waals surface area contributed by atoms with Crippen LogP contribution >= 0.6 is 0 Å². The first-order valence-corrected chi connectivity index (χ1v) is 19.4. The number of hydrogen-bond donors (Lipinski definition) is 0. The molecule has 0 aliphatic heterocycles. The Kier molecular flexibility index (Phi) is 36.3. The van der Waals surface area contributed by atoms with Gasteiger partial charge in [0.05, 0.1) is 12.8 Å². The molecule has 0 N–H and O–H groups in total. The molecule has 0 amide bonds. The minimum Gasteiger partial charge on any atom is -0.247 e. The molecular formula is C40H74O4. The van der Waals surface area contributed by atoms with Gasteiger partial charge in [-0.05, 0) is 64.2 Å². The highest BCUT2D eigenvalue weighted by Crippen LogP contribution is 2.13. The van der Waals surface area contributed by atoms with Gasteiger partial charge < -0.3 is 0 Å². The number of unbranched alkanes of at least 4 members (excludes halogenated alkanes) is 26. The summed E-state index contributed by atoms with van der Waals surface area (Å²) in [5.41, 5.74) is 0. The first-order valence-electron chi connectivity index (χ1n) is 19.4. The van der Waals surface area contributed by atoms with E-state index in [2.05, 4.69) is 38.2 Å². The molecule has 0 saturated heterocycles. The van der Waals surface area contributed by atoms with Crippen molar-refractivity contribution in [2.24, 2.45) is 0 Å². The number of rotatable bonds is 34. The van der Waals surface area contributed by atoms with Crippen LogP contribution in [0.1, 0.15) is 219 Å². The zero-order chi connectivity index (χ0) is 32.0. The molecule has 0 aromatic rings. The molecule has 44 heavy (non-hydrogen) atoms. The van der Waals surface area contributed by atoms with Gasteiger partial charge in [0.15, 0.2) is 0 Å². The summed E-state index contributed by atoms with van der Waals surface area (Å²) >= 11 is 0. The highest BCUT2D eigenvalue weighted by Gasteiger charge is 2.09. The number of allylic oxidation sites excluding steroid dienone is 4. The predicted octanol–water partition coefficient (Wildman–Crippen LogP) is 13.6. The topological polar surface area (TPSA) is 52.6 Å². The van der Waals surface area contributed by atoms with E-state index in [4.69, 9.17) is 9.78 Å². The standard InChI is InChI=1S/C40H74O4/c1-3-5-7-9-11-13-15-17-19-21-23-25-27-29-31-33-35-37-39(41)43-44-40(42)38-36-34-32-30-28-26-24-22-20-18-16-14-12-10-8-6-4-2/h17-20H,3-16,21-38H2,1-2H3. The lowest BCUT2D eigenvalue weighted by molar-refractivity contribution is -0.259. The monoisotopic (exact) mass is 619 g/mol. The van der Waals surface area contributed by atoms with E-state index in [1.54, 1.807) is 0 Å². The van der Waals surface area contributed by atoms with Gasteiger partial charge in [0.25, 0.3) is 0 Å². The van der Waals surface area contributed by atoms with Crippen LogP contribution < -0.4 is 0 Å². The minimum atomic E-state index is -0.427. The summed E-state index contributed by atoms with van der Waals surface area (Å²) in [5.74, 6) is -0.855. The summed E-state index contributed by atoms with van der Waals surface area (Å²) in [4.78, 5) is 33.1. The zero-order valence-electron chi connectivity index (χ0n) is 29.6. The first kappa shape index (κ1) is 42.4. The van der Waals surface area contributed by atoms with Crippen molar-refractivity contribution in [3.63, 3.8) is 0 Å². The Morgan fingerprint density at radius 2 is 0.568 bits per heavy atom. The van der Waals surface area contributed by atoms with Gasteiger partial charge in [-0.3, -0.25) is 0 Å². The van der Waals surface area contributed by atoms with Crippen LogP contribution in [0.25, 0.3) is 0 Å². The summed E-state index contributed by atoms with van der Waals surface area (Å²) in [6.07, 6.45) is 47.6. The summed E-state index contributed by atoms with van der Waals surface area (Å²) in [6, 6.07) is 0. The molecular weight excluding hydrogens is 544 g/mol. The molecule has 0 rings (SSSR count). The second-order valence-electron chi connectivity index (χ2n) is 13.0. The second kappa shape index (κ2) is 37.6. The fraction of sp³-hybridized carbons (Fsp3) is 0.850. The van der Waals surface area contributed by atoms with Gasteiger partial charge in [-0.15, -0.1) is 0 Å². The lowest BCUT2D eigenvalue weighted by Crippen LogP contribution is -2.11. The Balaban J connectivity index is 3.33.